The van der Waals surface area contributed by atoms with Gasteiger partial charge in [-0.15, -0.1) is 0 Å². The first-order valence-corrected chi connectivity index (χ1v) is 6.28. The maximum absolute atomic E-state index is 10.9. The fraction of sp³-hybridized carbons (Fsp3) is 0.0769. The molecule has 0 fully saturated rings. The van der Waals surface area contributed by atoms with Gasteiger partial charge in [0.25, 0.3) is 0 Å². The van der Waals surface area contributed by atoms with Gasteiger partial charge in [0, 0.05) is 11.1 Å². The summed E-state index contributed by atoms with van der Waals surface area (Å²) in [4.78, 5) is 10.4. The summed E-state index contributed by atoms with van der Waals surface area (Å²) in [5.41, 5.74) is 0.299. The number of rotatable bonds is 4. The van der Waals surface area contributed by atoms with Crippen molar-refractivity contribution in [2.24, 2.45) is 0 Å². The third-order valence-electron chi connectivity index (χ3n) is 2.56. The van der Waals surface area contributed by atoms with E-state index < -0.39 is 4.92 Å². The fourth-order valence-electron chi connectivity index (χ4n) is 1.58. The predicted octanol–water partition coefficient (Wildman–Crippen LogP) is 4.19. The Morgan fingerprint density at radius 1 is 1.20 bits per heavy atom. The summed E-state index contributed by atoms with van der Waals surface area (Å²) >= 11 is 11.9. The Morgan fingerprint density at radius 3 is 2.55 bits per heavy atom. The van der Waals surface area contributed by atoms with Crippen LogP contribution in [0.25, 0.3) is 0 Å². The maximum atomic E-state index is 10.9. The minimum absolute atomic E-state index is 0.0491. The van der Waals surface area contributed by atoms with Gasteiger partial charge in [-0.25, -0.2) is 0 Å². The molecule has 0 radical (unpaired) electrons. The van der Waals surface area contributed by atoms with Crippen LogP contribution < -0.4 is 4.74 Å². The van der Waals surface area contributed by atoms with Crippen LogP contribution in [0.4, 0.5) is 5.69 Å². The first kappa shape index (κ1) is 14.6. The summed E-state index contributed by atoms with van der Waals surface area (Å²) in [7, 11) is 0. The number of nitrogens with zero attached hydrogens (tertiary/aromatic N) is 1. The summed E-state index contributed by atoms with van der Waals surface area (Å²) in [6.45, 7) is -0.203. The maximum Gasteiger partial charge on any atom is 0.313 e. The number of nitro benzene ring substituents is 1. The highest BCUT2D eigenvalue weighted by Crippen LogP contribution is 2.38. The van der Waals surface area contributed by atoms with E-state index in [-0.39, 0.29) is 23.1 Å². The molecule has 1 N–H and O–H groups in total. The summed E-state index contributed by atoms with van der Waals surface area (Å²) in [6, 6.07) is 8.83. The Hall–Kier alpha value is -1.82. The molecular formula is C13H9Cl2NO4. The number of nitro groups is 1. The van der Waals surface area contributed by atoms with E-state index in [0.29, 0.717) is 16.3 Å². The van der Waals surface area contributed by atoms with E-state index >= 15 is 0 Å². The molecule has 0 saturated carbocycles. The highest BCUT2D eigenvalue weighted by Gasteiger charge is 2.19. The molecule has 0 aliphatic rings. The van der Waals surface area contributed by atoms with Crippen LogP contribution in [0.15, 0.2) is 36.4 Å². The van der Waals surface area contributed by atoms with Gasteiger partial charge in [0.2, 0.25) is 5.75 Å². The Bertz CT molecular complexity index is 661. The molecule has 2 aromatic rings. The summed E-state index contributed by atoms with van der Waals surface area (Å²) in [5.74, 6) is 0.246. The zero-order valence-electron chi connectivity index (χ0n) is 10.0. The highest BCUT2D eigenvalue weighted by atomic mass is 35.5. The van der Waals surface area contributed by atoms with Gasteiger partial charge >= 0.3 is 5.69 Å². The van der Waals surface area contributed by atoms with E-state index in [9.17, 15) is 10.1 Å². The molecule has 2 aromatic carbocycles. The van der Waals surface area contributed by atoms with Crippen LogP contribution in [0.2, 0.25) is 10.0 Å². The standard InChI is InChI=1S/C13H9Cl2NO4/c14-10-2-1-3-12(16(18)19)13(10)20-9-5-4-8(7-17)11(15)6-9/h1-6,17H,7H2. The molecule has 5 nitrogen and oxygen atoms in total. The Kier molecular flexibility index (Phi) is 4.44. The second kappa shape index (κ2) is 6.09. The number of para-hydroxylation sites is 1. The number of hydrogen-bond donors (Lipinski definition) is 1. The van der Waals surface area contributed by atoms with Crippen molar-refractivity contribution >= 4 is 28.9 Å². The fourth-order valence-corrected chi connectivity index (χ4v) is 2.02. The van der Waals surface area contributed by atoms with E-state index in [0.717, 1.165) is 0 Å². The molecule has 0 aliphatic heterocycles. The number of benzene rings is 2. The highest BCUT2D eigenvalue weighted by molar-refractivity contribution is 6.32. The second-order valence-corrected chi connectivity index (χ2v) is 4.67. The van der Waals surface area contributed by atoms with E-state index in [1.165, 1.54) is 24.3 Å². The minimum atomic E-state index is -0.578. The molecule has 104 valence electrons. The molecule has 0 aromatic heterocycles. The minimum Gasteiger partial charge on any atom is -0.448 e. The van der Waals surface area contributed by atoms with Crippen molar-refractivity contribution in [3.8, 4) is 11.5 Å². The quantitative estimate of drug-likeness (QED) is 0.678. The lowest BCUT2D eigenvalue weighted by atomic mass is 10.2. The van der Waals surface area contributed by atoms with E-state index in [1.807, 2.05) is 0 Å². The smallest absolute Gasteiger partial charge is 0.313 e. The summed E-state index contributed by atoms with van der Waals surface area (Å²) in [6.07, 6.45) is 0. The Labute approximate surface area is 124 Å². The molecule has 0 amide bonds. The molecule has 0 bridgehead atoms. The SMILES string of the molecule is O=[N+]([O-])c1cccc(Cl)c1Oc1ccc(CO)c(Cl)c1. The van der Waals surface area contributed by atoms with Crippen molar-refractivity contribution in [1.82, 2.24) is 0 Å². The van der Waals surface area contributed by atoms with Crippen LogP contribution >= 0.6 is 23.2 Å². The van der Waals surface area contributed by atoms with Gasteiger partial charge in [-0.2, -0.15) is 0 Å². The molecular weight excluding hydrogens is 305 g/mol. The predicted molar refractivity (Wildman–Crippen MR) is 75.6 cm³/mol. The average molecular weight is 314 g/mol. The van der Waals surface area contributed by atoms with Crippen LogP contribution in [0, 0.1) is 10.1 Å². The Morgan fingerprint density at radius 2 is 1.95 bits per heavy atom. The molecule has 0 heterocycles. The van der Waals surface area contributed by atoms with Gasteiger partial charge in [0.1, 0.15) is 5.75 Å². The molecule has 0 spiro atoms. The first-order chi connectivity index (χ1) is 9.52. The molecule has 2 rings (SSSR count). The molecule has 20 heavy (non-hydrogen) atoms. The topological polar surface area (TPSA) is 72.6 Å². The third-order valence-corrected chi connectivity index (χ3v) is 3.21. The molecule has 0 atom stereocenters. The van der Waals surface area contributed by atoms with Crippen molar-refractivity contribution in [2.45, 2.75) is 6.61 Å². The second-order valence-electron chi connectivity index (χ2n) is 3.86. The summed E-state index contributed by atoms with van der Waals surface area (Å²) in [5, 5.41) is 20.4. The molecule has 0 saturated heterocycles. The normalized spacial score (nSPS) is 10.3. The number of hydrogen-bond acceptors (Lipinski definition) is 4. The van der Waals surface area contributed by atoms with Crippen LogP contribution in [-0.2, 0) is 6.61 Å². The zero-order chi connectivity index (χ0) is 14.7. The van der Waals surface area contributed by atoms with Crippen molar-refractivity contribution in [1.29, 1.82) is 0 Å². The van der Waals surface area contributed by atoms with Gasteiger partial charge < -0.3 is 9.84 Å². The van der Waals surface area contributed by atoms with Crippen molar-refractivity contribution in [3.63, 3.8) is 0 Å². The lowest BCUT2D eigenvalue weighted by molar-refractivity contribution is -0.385. The van der Waals surface area contributed by atoms with Gasteiger partial charge in [-0.3, -0.25) is 10.1 Å². The van der Waals surface area contributed by atoms with E-state index in [1.54, 1.807) is 12.1 Å². The van der Waals surface area contributed by atoms with Crippen molar-refractivity contribution in [2.75, 3.05) is 0 Å². The number of aliphatic hydroxyl groups excluding tert-OH is 1. The van der Waals surface area contributed by atoms with Crippen molar-refractivity contribution in [3.05, 3.63) is 62.1 Å². The zero-order valence-corrected chi connectivity index (χ0v) is 11.6. The van der Waals surface area contributed by atoms with Crippen LogP contribution in [0.3, 0.4) is 0 Å². The van der Waals surface area contributed by atoms with Crippen LogP contribution in [0.5, 0.6) is 11.5 Å². The van der Waals surface area contributed by atoms with Gasteiger partial charge in [0.15, 0.2) is 0 Å². The molecule has 0 unspecified atom stereocenters. The third kappa shape index (κ3) is 3.01. The van der Waals surface area contributed by atoms with Gasteiger partial charge in [-0.1, -0.05) is 35.3 Å². The van der Waals surface area contributed by atoms with Crippen LogP contribution in [-0.4, -0.2) is 10.0 Å². The van der Waals surface area contributed by atoms with Crippen molar-refractivity contribution < 1.29 is 14.8 Å². The van der Waals surface area contributed by atoms with E-state index in [4.69, 9.17) is 33.0 Å². The lowest BCUT2D eigenvalue weighted by Gasteiger charge is -2.09. The molecule has 0 aliphatic carbocycles. The summed E-state index contributed by atoms with van der Waals surface area (Å²) < 4.78 is 5.44. The number of ether oxygens (including phenoxy) is 1. The number of halogens is 2. The average Bonchev–Trinajstić information content (AvgIpc) is 2.41. The largest absolute Gasteiger partial charge is 0.448 e. The van der Waals surface area contributed by atoms with E-state index in [2.05, 4.69) is 0 Å². The van der Waals surface area contributed by atoms with Crippen LogP contribution in [0.1, 0.15) is 5.56 Å². The van der Waals surface area contributed by atoms with Gasteiger partial charge in [-0.05, 0) is 23.8 Å². The molecule has 7 heteroatoms. The monoisotopic (exact) mass is 313 g/mol. The first-order valence-electron chi connectivity index (χ1n) is 5.53. The Balaban J connectivity index is 2.39. The van der Waals surface area contributed by atoms with Gasteiger partial charge in [0.05, 0.1) is 16.6 Å². The number of aliphatic hydroxyl groups is 1. The lowest BCUT2D eigenvalue weighted by Crippen LogP contribution is -1.94.